The predicted molar refractivity (Wildman–Crippen MR) is 116 cm³/mol. The molecule has 34 heavy (non-hydrogen) atoms. The summed E-state index contributed by atoms with van der Waals surface area (Å²) in [6.45, 7) is 0. The molecule has 10 nitrogen and oxygen atoms in total. The lowest BCUT2D eigenvalue weighted by atomic mass is 10.1. The van der Waals surface area contributed by atoms with E-state index in [-0.39, 0.29) is 17.0 Å². The highest BCUT2D eigenvalue weighted by atomic mass is 79.9. The molecular formula is C20H12BrF3N4O6. The van der Waals surface area contributed by atoms with Crippen LogP contribution >= 0.6 is 15.9 Å². The lowest BCUT2D eigenvalue weighted by Gasteiger charge is -2.08. The molecule has 0 aliphatic carbocycles. The summed E-state index contributed by atoms with van der Waals surface area (Å²) in [4.78, 5) is 32.4. The molecule has 3 rings (SSSR count). The van der Waals surface area contributed by atoms with Crippen LogP contribution in [0.4, 0.5) is 24.5 Å². The molecule has 0 unspecified atom stereocenters. The van der Waals surface area contributed by atoms with Crippen molar-refractivity contribution >= 4 is 39.4 Å². The van der Waals surface area contributed by atoms with Gasteiger partial charge < -0.3 is 4.42 Å². The van der Waals surface area contributed by atoms with E-state index in [0.717, 1.165) is 12.3 Å². The largest absolute Gasteiger partial charge is 0.455 e. The van der Waals surface area contributed by atoms with E-state index >= 15 is 0 Å². The Morgan fingerprint density at radius 2 is 1.82 bits per heavy atom. The minimum absolute atomic E-state index is 0.111. The van der Waals surface area contributed by atoms with Crippen molar-refractivity contribution in [3.63, 3.8) is 0 Å². The summed E-state index contributed by atoms with van der Waals surface area (Å²) in [5, 5.41) is 25.6. The van der Waals surface area contributed by atoms with Crippen molar-refractivity contribution in [2.45, 2.75) is 12.6 Å². The first kappa shape index (κ1) is 24.6. The number of amides is 1. The molecule has 0 saturated heterocycles. The third-order valence-corrected chi connectivity index (χ3v) is 5.05. The number of nitrogens with zero attached hydrogens (tertiary/aromatic N) is 3. The first-order chi connectivity index (χ1) is 16.0. The second-order valence-corrected chi connectivity index (χ2v) is 7.55. The fourth-order valence-corrected chi connectivity index (χ4v) is 3.39. The molecule has 0 saturated carbocycles. The topological polar surface area (TPSA) is 141 Å². The van der Waals surface area contributed by atoms with E-state index in [1.54, 1.807) is 6.07 Å². The first-order valence-corrected chi connectivity index (χ1v) is 9.95. The maximum absolute atomic E-state index is 12.8. The summed E-state index contributed by atoms with van der Waals surface area (Å²) in [6.07, 6.45) is -4.20. The fourth-order valence-electron chi connectivity index (χ4n) is 2.82. The van der Waals surface area contributed by atoms with Crippen molar-refractivity contribution in [2.75, 3.05) is 0 Å². The van der Waals surface area contributed by atoms with Crippen molar-refractivity contribution in [1.29, 1.82) is 0 Å². The molecule has 1 heterocycles. The molecule has 0 radical (unpaired) electrons. The van der Waals surface area contributed by atoms with Crippen LogP contribution in [0.1, 0.15) is 16.9 Å². The van der Waals surface area contributed by atoms with E-state index in [1.807, 2.05) is 0 Å². The Hall–Kier alpha value is -4.07. The van der Waals surface area contributed by atoms with Gasteiger partial charge in [-0.05, 0) is 40.2 Å². The molecule has 0 bridgehead atoms. The van der Waals surface area contributed by atoms with Crippen molar-refractivity contribution in [3.8, 4) is 11.3 Å². The second kappa shape index (κ2) is 9.82. The second-order valence-electron chi connectivity index (χ2n) is 6.69. The molecular weight excluding hydrogens is 529 g/mol. The Morgan fingerprint density at radius 1 is 1.09 bits per heavy atom. The fraction of sp³-hybridized carbons (Fsp3) is 0.100. The molecule has 0 aliphatic heterocycles. The van der Waals surface area contributed by atoms with Gasteiger partial charge in [-0.3, -0.25) is 25.0 Å². The standard InChI is InChI=1S/C20H12BrF3N4O6/c21-16-9-13(27(30)31)3-5-15(16)18-6-4-14(34-18)10-25-26-19(29)7-11-1-2-12(20(22,23)24)8-17(11)28(32)33/h1-6,8-10H,7H2,(H,26,29). The zero-order valence-corrected chi connectivity index (χ0v) is 18.3. The number of carbonyl (C=O) groups excluding carboxylic acids is 1. The number of rotatable bonds is 7. The van der Waals surface area contributed by atoms with Crippen LogP contribution in [-0.2, 0) is 17.4 Å². The van der Waals surface area contributed by atoms with Crippen LogP contribution in [0.15, 0.2) is 62.5 Å². The number of hydrogen-bond donors (Lipinski definition) is 1. The molecule has 0 atom stereocenters. The van der Waals surface area contributed by atoms with Crippen LogP contribution in [0.5, 0.6) is 0 Å². The van der Waals surface area contributed by atoms with E-state index < -0.39 is 39.6 Å². The molecule has 3 aromatic rings. The smallest absolute Gasteiger partial charge is 0.416 e. The monoisotopic (exact) mass is 540 g/mol. The minimum Gasteiger partial charge on any atom is -0.455 e. The SMILES string of the molecule is O=C(Cc1ccc(C(F)(F)F)cc1[N+](=O)[O-])NN=Cc1ccc(-c2ccc([N+](=O)[O-])cc2Br)o1. The van der Waals surface area contributed by atoms with Crippen molar-refractivity contribution in [2.24, 2.45) is 5.10 Å². The maximum atomic E-state index is 12.8. The lowest BCUT2D eigenvalue weighted by molar-refractivity contribution is -0.385. The van der Waals surface area contributed by atoms with Crippen LogP contribution < -0.4 is 5.43 Å². The zero-order valence-electron chi connectivity index (χ0n) is 16.7. The van der Waals surface area contributed by atoms with Gasteiger partial charge in [-0.25, -0.2) is 5.43 Å². The normalized spacial score (nSPS) is 11.5. The van der Waals surface area contributed by atoms with Gasteiger partial charge in [-0.1, -0.05) is 6.07 Å². The van der Waals surface area contributed by atoms with E-state index in [9.17, 15) is 38.2 Å². The van der Waals surface area contributed by atoms with Crippen molar-refractivity contribution < 1.29 is 32.2 Å². The van der Waals surface area contributed by atoms with E-state index in [0.29, 0.717) is 27.9 Å². The summed E-state index contributed by atoms with van der Waals surface area (Å²) in [5.41, 5.74) is 0.284. The molecule has 0 fully saturated rings. The number of furan rings is 1. The summed E-state index contributed by atoms with van der Waals surface area (Å²) >= 11 is 3.23. The van der Waals surface area contributed by atoms with Gasteiger partial charge in [-0.15, -0.1) is 0 Å². The maximum Gasteiger partial charge on any atom is 0.416 e. The highest BCUT2D eigenvalue weighted by Gasteiger charge is 2.33. The molecule has 0 spiro atoms. The Kier molecular flexibility index (Phi) is 7.10. The number of hydrogen-bond acceptors (Lipinski definition) is 7. The molecule has 0 aliphatic rings. The number of non-ortho nitro benzene ring substituents is 1. The Labute approximate surface area is 196 Å². The quantitative estimate of drug-likeness (QED) is 0.247. The minimum atomic E-state index is -4.76. The van der Waals surface area contributed by atoms with Crippen LogP contribution in [0.2, 0.25) is 0 Å². The van der Waals surface area contributed by atoms with Crippen molar-refractivity contribution in [1.82, 2.24) is 5.43 Å². The molecule has 2 aromatic carbocycles. The highest BCUT2D eigenvalue weighted by molar-refractivity contribution is 9.10. The van der Waals surface area contributed by atoms with Crippen LogP contribution in [0, 0.1) is 20.2 Å². The average Bonchev–Trinajstić information content (AvgIpc) is 3.21. The number of alkyl halides is 3. The Balaban J connectivity index is 1.67. The molecule has 1 amide bonds. The number of nitrogens with one attached hydrogen (secondary N) is 1. The van der Waals surface area contributed by atoms with Gasteiger partial charge in [-0.2, -0.15) is 18.3 Å². The first-order valence-electron chi connectivity index (χ1n) is 9.16. The number of halogens is 4. The number of nitro benzene ring substituents is 2. The van der Waals surface area contributed by atoms with Gasteiger partial charge >= 0.3 is 6.18 Å². The van der Waals surface area contributed by atoms with Gasteiger partial charge in [0.1, 0.15) is 11.5 Å². The van der Waals surface area contributed by atoms with E-state index in [4.69, 9.17) is 4.42 Å². The van der Waals surface area contributed by atoms with Gasteiger partial charge in [0.2, 0.25) is 5.91 Å². The van der Waals surface area contributed by atoms with Gasteiger partial charge in [0.15, 0.2) is 0 Å². The highest BCUT2D eigenvalue weighted by Crippen LogP contribution is 2.34. The van der Waals surface area contributed by atoms with Crippen LogP contribution in [0.3, 0.4) is 0 Å². The Bertz CT molecular complexity index is 1310. The number of nitro groups is 2. The van der Waals surface area contributed by atoms with Gasteiger partial charge in [0, 0.05) is 33.8 Å². The average molecular weight is 541 g/mol. The summed E-state index contributed by atoms with van der Waals surface area (Å²) in [7, 11) is 0. The number of benzene rings is 2. The zero-order chi connectivity index (χ0) is 25.0. The van der Waals surface area contributed by atoms with E-state index in [1.165, 1.54) is 24.3 Å². The van der Waals surface area contributed by atoms with Gasteiger partial charge in [0.05, 0.1) is 28.0 Å². The van der Waals surface area contributed by atoms with Gasteiger partial charge in [0.25, 0.3) is 11.4 Å². The number of carbonyl (C=O) groups is 1. The Morgan fingerprint density at radius 3 is 2.44 bits per heavy atom. The van der Waals surface area contributed by atoms with Crippen LogP contribution in [-0.4, -0.2) is 22.0 Å². The molecule has 1 aromatic heterocycles. The third kappa shape index (κ3) is 5.83. The summed E-state index contributed by atoms with van der Waals surface area (Å²) in [5.74, 6) is -0.236. The lowest BCUT2D eigenvalue weighted by Crippen LogP contribution is -2.20. The molecule has 176 valence electrons. The third-order valence-electron chi connectivity index (χ3n) is 4.40. The summed E-state index contributed by atoms with van der Waals surface area (Å²) in [6, 6.07) is 9.07. The summed E-state index contributed by atoms with van der Waals surface area (Å²) < 4.78 is 44.3. The van der Waals surface area contributed by atoms with Crippen LogP contribution in [0.25, 0.3) is 11.3 Å². The van der Waals surface area contributed by atoms with E-state index in [2.05, 4.69) is 26.5 Å². The van der Waals surface area contributed by atoms with Crippen molar-refractivity contribution in [3.05, 3.63) is 90.1 Å². The number of hydrazone groups is 1. The predicted octanol–water partition coefficient (Wildman–Crippen LogP) is 5.24. The molecule has 14 heteroatoms. The molecule has 1 N–H and O–H groups in total.